The topological polar surface area (TPSA) is 70.6 Å². The number of benzene rings is 2. The van der Waals surface area contributed by atoms with Crippen molar-refractivity contribution in [2.24, 2.45) is 0 Å². The molecule has 0 atom stereocenters. The molecule has 3 N–H and O–H groups in total. The molecule has 2 aromatic rings. The van der Waals surface area contributed by atoms with E-state index in [9.17, 15) is 13.6 Å². The average molecular weight is 439 g/mol. The third-order valence-electron chi connectivity index (χ3n) is 3.51. The monoisotopic (exact) mass is 438 g/mol. The lowest BCUT2D eigenvalue weighted by Gasteiger charge is -2.15. The van der Waals surface area contributed by atoms with Gasteiger partial charge in [0, 0.05) is 5.56 Å². The average Bonchev–Trinajstić information content (AvgIpc) is 2.65. The fraction of sp³-hybridized carbons (Fsp3) is 0.250. The first kappa shape index (κ1) is 22.8. The Balaban J connectivity index is 2.34. The second-order valence-corrected chi connectivity index (χ2v) is 12.3. The van der Waals surface area contributed by atoms with Crippen LogP contribution in [0.2, 0.25) is 24.7 Å². The van der Waals surface area contributed by atoms with Crippen LogP contribution in [-0.4, -0.2) is 32.3 Å². The third kappa shape index (κ3) is 6.54. The summed E-state index contributed by atoms with van der Waals surface area (Å²) in [6.45, 7) is 5.87. The Morgan fingerprint density at radius 1 is 1.24 bits per heavy atom. The number of nitrogens with one attached hydrogen (secondary N) is 2. The van der Waals surface area contributed by atoms with Crippen molar-refractivity contribution in [3.63, 3.8) is 0 Å². The van der Waals surface area contributed by atoms with Gasteiger partial charge in [0.25, 0.3) is 5.91 Å². The molecule has 1 amide bonds. The molecular formula is C20H21ClF2N2O3Si. The highest BCUT2D eigenvalue weighted by atomic mass is 35.5. The van der Waals surface area contributed by atoms with E-state index in [4.69, 9.17) is 21.5 Å². The molecule has 9 heteroatoms. The SMILES string of the molecule is C[Si](C)(C)C#Cc1ccc(Nc2c(C(=O)NOCCO)ccc(F)c2F)c(Cl)c1. The lowest BCUT2D eigenvalue weighted by atomic mass is 10.1. The predicted molar refractivity (Wildman–Crippen MR) is 112 cm³/mol. The van der Waals surface area contributed by atoms with Crippen LogP contribution in [0.15, 0.2) is 30.3 Å². The van der Waals surface area contributed by atoms with Crippen LogP contribution < -0.4 is 10.8 Å². The third-order valence-corrected chi connectivity index (χ3v) is 4.70. The van der Waals surface area contributed by atoms with Gasteiger partial charge in [-0.1, -0.05) is 37.2 Å². The molecule has 0 saturated carbocycles. The first-order valence-corrected chi connectivity index (χ1v) is 12.6. The summed E-state index contributed by atoms with van der Waals surface area (Å²) in [5.41, 5.74) is 5.65. The summed E-state index contributed by atoms with van der Waals surface area (Å²) in [6.07, 6.45) is 0. The summed E-state index contributed by atoms with van der Waals surface area (Å²) in [5, 5.41) is 11.6. The first-order chi connectivity index (χ1) is 13.6. The summed E-state index contributed by atoms with van der Waals surface area (Å²) in [5.74, 6) is -0.120. The molecule has 0 aliphatic rings. The van der Waals surface area contributed by atoms with Crippen LogP contribution in [0.3, 0.4) is 0 Å². The minimum absolute atomic E-state index is 0.149. The molecule has 154 valence electrons. The maximum Gasteiger partial charge on any atom is 0.277 e. The van der Waals surface area contributed by atoms with E-state index in [0.29, 0.717) is 5.56 Å². The number of amides is 1. The predicted octanol–water partition coefficient (Wildman–Crippen LogP) is 4.24. The van der Waals surface area contributed by atoms with E-state index < -0.39 is 31.3 Å². The molecule has 0 saturated heterocycles. The van der Waals surface area contributed by atoms with Crippen LogP contribution in [0.25, 0.3) is 0 Å². The van der Waals surface area contributed by atoms with E-state index in [0.717, 1.165) is 12.1 Å². The maximum absolute atomic E-state index is 14.4. The summed E-state index contributed by atoms with van der Waals surface area (Å²) < 4.78 is 28.2. The summed E-state index contributed by atoms with van der Waals surface area (Å²) >= 11 is 6.27. The van der Waals surface area contributed by atoms with Crippen LogP contribution in [0.5, 0.6) is 0 Å². The largest absolute Gasteiger partial charge is 0.394 e. The summed E-state index contributed by atoms with van der Waals surface area (Å²) in [6, 6.07) is 6.82. The van der Waals surface area contributed by atoms with Crippen molar-refractivity contribution in [2.45, 2.75) is 19.6 Å². The van der Waals surface area contributed by atoms with Crippen molar-refractivity contribution in [3.8, 4) is 11.5 Å². The number of carbonyl (C=O) groups excluding carboxylic acids is 1. The number of anilines is 2. The Morgan fingerprint density at radius 2 is 1.97 bits per heavy atom. The van der Waals surface area contributed by atoms with Gasteiger partial charge in [-0.3, -0.25) is 9.63 Å². The Labute approximate surface area is 174 Å². The molecule has 0 bridgehead atoms. The van der Waals surface area contributed by atoms with Gasteiger partial charge in [0.2, 0.25) is 0 Å². The minimum Gasteiger partial charge on any atom is -0.394 e. The fourth-order valence-electron chi connectivity index (χ4n) is 2.17. The highest BCUT2D eigenvalue weighted by molar-refractivity contribution is 6.83. The van der Waals surface area contributed by atoms with Gasteiger partial charge in [-0.25, -0.2) is 14.3 Å². The van der Waals surface area contributed by atoms with E-state index in [-0.39, 0.29) is 29.5 Å². The molecule has 2 rings (SSSR count). The highest BCUT2D eigenvalue weighted by Crippen LogP contribution is 2.31. The molecule has 29 heavy (non-hydrogen) atoms. The smallest absolute Gasteiger partial charge is 0.277 e. The van der Waals surface area contributed by atoms with E-state index in [1.807, 2.05) is 0 Å². The molecule has 0 radical (unpaired) electrons. The van der Waals surface area contributed by atoms with Gasteiger partial charge in [0.15, 0.2) is 11.6 Å². The van der Waals surface area contributed by atoms with Crippen LogP contribution >= 0.6 is 11.6 Å². The maximum atomic E-state index is 14.4. The lowest BCUT2D eigenvalue weighted by Crippen LogP contribution is -2.26. The van der Waals surface area contributed by atoms with E-state index >= 15 is 0 Å². The van der Waals surface area contributed by atoms with Gasteiger partial charge in [-0.05, 0) is 30.3 Å². The highest BCUT2D eigenvalue weighted by Gasteiger charge is 2.20. The Morgan fingerprint density at radius 3 is 2.59 bits per heavy atom. The molecule has 0 aliphatic carbocycles. The molecule has 5 nitrogen and oxygen atoms in total. The van der Waals surface area contributed by atoms with E-state index in [2.05, 4.69) is 41.9 Å². The summed E-state index contributed by atoms with van der Waals surface area (Å²) in [7, 11) is -1.56. The number of aliphatic hydroxyl groups is 1. The molecular weight excluding hydrogens is 418 g/mol. The number of carbonyl (C=O) groups is 1. The zero-order chi connectivity index (χ0) is 21.6. The van der Waals surface area contributed by atoms with Crippen molar-refractivity contribution in [1.29, 1.82) is 0 Å². The number of aliphatic hydroxyl groups excluding tert-OH is 1. The van der Waals surface area contributed by atoms with Crippen LogP contribution in [0.1, 0.15) is 15.9 Å². The number of hydrogen-bond donors (Lipinski definition) is 3. The van der Waals surface area contributed by atoms with Crippen molar-refractivity contribution < 1.29 is 23.5 Å². The van der Waals surface area contributed by atoms with Gasteiger partial charge in [-0.15, -0.1) is 5.54 Å². The van der Waals surface area contributed by atoms with E-state index in [1.54, 1.807) is 18.2 Å². The Hall–Kier alpha value is -2.44. The van der Waals surface area contributed by atoms with Gasteiger partial charge in [0.05, 0.1) is 35.2 Å². The standard InChI is InChI=1S/C20H21ClF2N2O3Si/c1-29(2,3)11-8-13-4-7-17(15(21)12-13)24-19-14(5-6-16(22)18(19)23)20(27)25-28-10-9-26/h4-7,12,24,26H,9-10H2,1-3H3,(H,25,27). The quantitative estimate of drug-likeness (QED) is 0.273. The molecule has 2 aromatic carbocycles. The fourth-order valence-corrected chi connectivity index (χ4v) is 2.91. The van der Waals surface area contributed by atoms with Crippen molar-refractivity contribution >= 4 is 37.0 Å². The van der Waals surface area contributed by atoms with Gasteiger partial charge >= 0.3 is 0 Å². The second kappa shape index (κ2) is 9.85. The number of halogens is 3. The molecule has 0 heterocycles. The molecule has 0 aliphatic heterocycles. The van der Waals surface area contributed by atoms with Crippen molar-refractivity contribution in [3.05, 3.63) is 58.1 Å². The molecule has 0 spiro atoms. The second-order valence-electron chi connectivity index (χ2n) is 7.11. The minimum atomic E-state index is -1.56. The van der Waals surface area contributed by atoms with Crippen LogP contribution in [-0.2, 0) is 4.84 Å². The number of rotatable bonds is 6. The normalized spacial score (nSPS) is 10.9. The zero-order valence-corrected chi connectivity index (χ0v) is 18.0. The van der Waals surface area contributed by atoms with Crippen molar-refractivity contribution in [2.75, 3.05) is 18.5 Å². The van der Waals surface area contributed by atoms with Gasteiger partial charge in [-0.2, -0.15) is 0 Å². The lowest BCUT2D eigenvalue weighted by molar-refractivity contribution is 0.0168. The molecule has 0 fully saturated rings. The van der Waals surface area contributed by atoms with Crippen molar-refractivity contribution in [1.82, 2.24) is 5.48 Å². The number of hydroxylamine groups is 1. The Kier molecular flexibility index (Phi) is 7.76. The molecule has 0 unspecified atom stereocenters. The summed E-state index contributed by atoms with van der Waals surface area (Å²) in [4.78, 5) is 17.0. The van der Waals surface area contributed by atoms with Crippen LogP contribution in [0.4, 0.5) is 20.2 Å². The van der Waals surface area contributed by atoms with Gasteiger partial charge in [0.1, 0.15) is 8.07 Å². The van der Waals surface area contributed by atoms with Gasteiger partial charge < -0.3 is 10.4 Å². The first-order valence-electron chi connectivity index (χ1n) is 8.73. The van der Waals surface area contributed by atoms with Crippen LogP contribution in [0, 0.1) is 23.1 Å². The zero-order valence-electron chi connectivity index (χ0n) is 16.2. The molecule has 0 aromatic heterocycles. The number of hydrogen-bond acceptors (Lipinski definition) is 4. The Bertz CT molecular complexity index is 969. The van der Waals surface area contributed by atoms with E-state index in [1.165, 1.54) is 0 Å².